The molecule has 1 aromatic heterocycles. The van der Waals surface area contributed by atoms with Crippen LogP contribution >= 0.6 is 0 Å². The number of hydrogen-bond acceptors (Lipinski definition) is 5. The third kappa shape index (κ3) is 3.40. The van der Waals surface area contributed by atoms with Gasteiger partial charge in [-0.15, -0.1) is 0 Å². The fourth-order valence-electron chi connectivity index (χ4n) is 2.37. The molecule has 0 amide bonds. The van der Waals surface area contributed by atoms with Crippen molar-refractivity contribution in [1.82, 2.24) is 4.98 Å². The van der Waals surface area contributed by atoms with Gasteiger partial charge in [0.25, 0.3) is 0 Å². The van der Waals surface area contributed by atoms with E-state index in [2.05, 4.69) is 10.1 Å². The van der Waals surface area contributed by atoms with Crippen molar-refractivity contribution in [2.24, 2.45) is 10.9 Å². The fraction of sp³-hybridized carbons (Fsp3) is 0.111. The van der Waals surface area contributed by atoms with Crippen LogP contribution in [0.15, 0.2) is 59.8 Å². The number of pyridine rings is 1. The van der Waals surface area contributed by atoms with E-state index < -0.39 is 0 Å². The van der Waals surface area contributed by atoms with Gasteiger partial charge < -0.3 is 15.3 Å². The summed E-state index contributed by atoms with van der Waals surface area (Å²) in [6, 6.07) is 15.5. The van der Waals surface area contributed by atoms with E-state index in [1.807, 2.05) is 48.5 Å². The van der Waals surface area contributed by atoms with Crippen molar-refractivity contribution >= 4 is 17.1 Å². The molecule has 3 aromatic rings. The number of rotatable bonds is 5. The van der Waals surface area contributed by atoms with Crippen molar-refractivity contribution in [2.75, 3.05) is 7.11 Å². The molecule has 1 heterocycles. The zero-order chi connectivity index (χ0) is 16.1. The third-order valence-corrected chi connectivity index (χ3v) is 3.50. The van der Waals surface area contributed by atoms with Crippen LogP contribution in [0, 0.1) is 0 Å². The van der Waals surface area contributed by atoms with Crippen LogP contribution in [-0.4, -0.2) is 18.3 Å². The van der Waals surface area contributed by atoms with Gasteiger partial charge in [-0.3, -0.25) is 4.98 Å². The number of nitrogens with zero attached hydrogens (tertiary/aromatic N) is 2. The number of hydrogen-bond donors (Lipinski definition) is 1. The highest BCUT2D eigenvalue weighted by atomic mass is 16.5. The van der Waals surface area contributed by atoms with Crippen molar-refractivity contribution in [2.45, 2.75) is 6.61 Å². The first-order valence-electron chi connectivity index (χ1n) is 7.18. The first-order chi connectivity index (χ1) is 11.3. The van der Waals surface area contributed by atoms with Gasteiger partial charge in [-0.25, -0.2) is 0 Å². The molecule has 23 heavy (non-hydrogen) atoms. The first-order valence-corrected chi connectivity index (χ1v) is 7.18. The number of hydrazone groups is 1. The Hall–Kier alpha value is -3.08. The van der Waals surface area contributed by atoms with Gasteiger partial charge in [0.05, 0.1) is 18.8 Å². The number of methoxy groups -OCH3 is 1. The van der Waals surface area contributed by atoms with Gasteiger partial charge in [-0.05, 0) is 42.0 Å². The molecule has 2 N–H and O–H groups in total. The van der Waals surface area contributed by atoms with Crippen LogP contribution in [0.2, 0.25) is 0 Å². The summed E-state index contributed by atoms with van der Waals surface area (Å²) in [5, 5.41) is 4.62. The molecule has 2 aromatic carbocycles. The lowest BCUT2D eigenvalue weighted by Gasteiger charge is -2.11. The van der Waals surface area contributed by atoms with E-state index in [4.69, 9.17) is 15.3 Å². The maximum Gasteiger partial charge on any atom is 0.125 e. The summed E-state index contributed by atoms with van der Waals surface area (Å²) >= 11 is 0. The lowest BCUT2D eigenvalue weighted by molar-refractivity contribution is 0.297. The van der Waals surface area contributed by atoms with E-state index in [1.165, 1.54) is 0 Å². The van der Waals surface area contributed by atoms with Crippen molar-refractivity contribution in [3.63, 3.8) is 0 Å². The van der Waals surface area contributed by atoms with Crippen LogP contribution < -0.4 is 15.3 Å². The van der Waals surface area contributed by atoms with E-state index in [-0.39, 0.29) is 0 Å². The standard InChI is InChI=1S/C18H17N3O2/c1-22-18-7-4-13(11-21-19)9-15(18)12-23-16-6-5-14-3-2-8-20-17(14)10-16/h2-11H,12,19H2,1H3. The molecular weight excluding hydrogens is 290 g/mol. The highest BCUT2D eigenvalue weighted by Crippen LogP contribution is 2.23. The monoisotopic (exact) mass is 307 g/mol. The minimum Gasteiger partial charge on any atom is -0.496 e. The average Bonchev–Trinajstić information content (AvgIpc) is 2.60. The quantitative estimate of drug-likeness (QED) is 0.447. The summed E-state index contributed by atoms with van der Waals surface area (Å²) in [6.07, 6.45) is 3.35. The fourth-order valence-corrected chi connectivity index (χ4v) is 2.37. The van der Waals surface area contributed by atoms with Gasteiger partial charge in [0, 0.05) is 23.2 Å². The predicted octanol–water partition coefficient (Wildman–Crippen LogP) is 3.12. The van der Waals surface area contributed by atoms with Crippen molar-refractivity contribution in [3.8, 4) is 11.5 Å². The summed E-state index contributed by atoms with van der Waals surface area (Å²) in [4.78, 5) is 4.33. The van der Waals surface area contributed by atoms with Gasteiger partial charge in [-0.2, -0.15) is 5.10 Å². The van der Waals surface area contributed by atoms with Crippen LogP contribution in [0.25, 0.3) is 10.9 Å². The Kier molecular flexibility index (Phi) is 4.38. The minimum atomic E-state index is 0.383. The smallest absolute Gasteiger partial charge is 0.125 e. The predicted molar refractivity (Wildman–Crippen MR) is 90.9 cm³/mol. The van der Waals surface area contributed by atoms with Gasteiger partial charge in [0.2, 0.25) is 0 Å². The summed E-state index contributed by atoms with van der Waals surface area (Å²) in [6.45, 7) is 0.383. The van der Waals surface area contributed by atoms with Crippen LogP contribution in [0.4, 0.5) is 0 Å². The van der Waals surface area contributed by atoms with E-state index in [0.717, 1.165) is 33.5 Å². The summed E-state index contributed by atoms with van der Waals surface area (Å²) in [5.41, 5.74) is 2.72. The number of fused-ring (bicyclic) bond motifs is 1. The van der Waals surface area contributed by atoms with Crippen molar-refractivity contribution in [3.05, 3.63) is 65.9 Å². The topological polar surface area (TPSA) is 69.7 Å². The van der Waals surface area contributed by atoms with Gasteiger partial charge in [-0.1, -0.05) is 6.07 Å². The van der Waals surface area contributed by atoms with Gasteiger partial charge in [0.1, 0.15) is 18.1 Å². The lowest BCUT2D eigenvalue weighted by Crippen LogP contribution is -2.00. The largest absolute Gasteiger partial charge is 0.496 e. The second-order valence-electron chi connectivity index (χ2n) is 5.00. The molecule has 0 aliphatic carbocycles. The molecular formula is C18H17N3O2. The van der Waals surface area contributed by atoms with E-state index in [0.29, 0.717) is 6.61 Å². The van der Waals surface area contributed by atoms with Crippen LogP contribution in [0.3, 0.4) is 0 Å². The SMILES string of the molecule is COc1ccc(C=NN)cc1COc1ccc2cccnc2c1. The number of benzene rings is 2. The molecule has 0 unspecified atom stereocenters. The molecule has 0 spiro atoms. The van der Waals surface area contributed by atoms with E-state index in [1.54, 1.807) is 19.5 Å². The Morgan fingerprint density at radius 1 is 1.17 bits per heavy atom. The number of aromatic nitrogens is 1. The minimum absolute atomic E-state index is 0.383. The molecule has 0 radical (unpaired) electrons. The second kappa shape index (κ2) is 6.79. The maximum absolute atomic E-state index is 5.88. The zero-order valence-corrected chi connectivity index (χ0v) is 12.8. The molecule has 0 saturated heterocycles. The molecule has 0 saturated carbocycles. The Balaban J connectivity index is 1.82. The van der Waals surface area contributed by atoms with E-state index >= 15 is 0 Å². The summed E-state index contributed by atoms with van der Waals surface area (Å²) < 4.78 is 11.2. The van der Waals surface area contributed by atoms with E-state index in [9.17, 15) is 0 Å². The summed E-state index contributed by atoms with van der Waals surface area (Å²) in [7, 11) is 1.63. The third-order valence-electron chi connectivity index (χ3n) is 3.50. The molecule has 116 valence electrons. The van der Waals surface area contributed by atoms with Crippen LogP contribution in [-0.2, 0) is 6.61 Å². The normalized spacial score (nSPS) is 11.0. The molecule has 0 fully saturated rings. The van der Waals surface area contributed by atoms with Crippen LogP contribution in [0.1, 0.15) is 11.1 Å². The molecule has 3 rings (SSSR count). The maximum atomic E-state index is 5.88. The Morgan fingerprint density at radius 2 is 2.09 bits per heavy atom. The highest BCUT2D eigenvalue weighted by molar-refractivity contribution is 5.80. The number of nitrogens with two attached hydrogens (primary N) is 1. The highest BCUT2D eigenvalue weighted by Gasteiger charge is 2.06. The lowest BCUT2D eigenvalue weighted by atomic mass is 10.1. The van der Waals surface area contributed by atoms with Crippen molar-refractivity contribution < 1.29 is 9.47 Å². The Morgan fingerprint density at radius 3 is 2.91 bits per heavy atom. The average molecular weight is 307 g/mol. The molecule has 0 bridgehead atoms. The zero-order valence-electron chi connectivity index (χ0n) is 12.8. The summed E-state index contributed by atoms with van der Waals surface area (Å²) in [5.74, 6) is 6.72. The first kappa shape index (κ1) is 14.8. The van der Waals surface area contributed by atoms with Crippen LogP contribution in [0.5, 0.6) is 11.5 Å². The van der Waals surface area contributed by atoms with Gasteiger partial charge >= 0.3 is 0 Å². The van der Waals surface area contributed by atoms with Gasteiger partial charge in [0.15, 0.2) is 0 Å². The molecule has 5 nitrogen and oxygen atoms in total. The molecule has 0 aliphatic rings. The second-order valence-corrected chi connectivity index (χ2v) is 5.00. The Labute approximate surface area is 134 Å². The molecule has 0 aliphatic heterocycles. The molecule has 5 heteroatoms. The Bertz CT molecular complexity index is 847. The number of ether oxygens (including phenoxy) is 2. The van der Waals surface area contributed by atoms with Crippen molar-refractivity contribution in [1.29, 1.82) is 0 Å². The molecule has 0 atom stereocenters.